The Labute approximate surface area is 182 Å². The summed E-state index contributed by atoms with van der Waals surface area (Å²) >= 11 is 0. The van der Waals surface area contributed by atoms with Crippen LogP contribution in [-0.4, -0.2) is 22.8 Å². The van der Waals surface area contributed by atoms with E-state index in [0.29, 0.717) is 17.0 Å². The lowest BCUT2D eigenvalue weighted by atomic mass is 9.92. The average molecular weight is 421 g/mol. The van der Waals surface area contributed by atoms with Crippen LogP contribution in [0.1, 0.15) is 51.3 Å². The molecule has 1 unspecified atom stereocenters. The van der Waals surface area contributed by atoms with Gasteiger partial charge in [-0.3, -0.25) is 19.3 Å². The first-order valence-corrected chi connectivity index (χ1v) is 10.4. The lowest BCUT2D eigenvalue weighted by Gasteiger charge is -2.27. The third-order valence-electron chi connectivity index (χ3n) is 5.18. The molecular formula is C25H27NO5. The zero-order valence-corrected chi connectivity index (χ0v) is 18.2. The van der Waals surface area contributed by atoms with Crippen molar-refractivity contribution in [2.75, 3.05) is 4.90 Å². The SMILES string of the molecule is CCc1ccc(N2C(=O)C(O)=C(C(=O)CC(C)C)C2c2ccc(OC(C)=O)cc2)cc1. The lowest BCUT2D eigenvalue weighted by Crippen LogP contribution is -2.31. The van der Waals surface area contributed by atoms with Gasteiger partial charge in [0.15, 0.2) is 11.5 Å². The minimum absolute atomic E-state index is 0.0767. The minimum Gasteiger partial charge on any atom is -0.503 e. The van der Waals surface area contributed by atoms with Crippen molar-refractivity contribution < 1.29 is 24.2 Å². The molecule has 6 heteroatoms. The number of aryl methyl sites for hydroxylation is 1. The molecule has 0 radical (unpaired) electrons. The number of carbonyl (C=O) groups is 3. The van der Waals surface area contributed by atoms with Crippen LogP contribution in [0.2, 0.25) is 0 Å². The van der Waals surface area contributed by atoms with Crippen molar-refractivity contribution in [3.05, 3.63) is 71.0 Å². The Morgan fingerprint density at radius 1 is 1.06 bits per heavy atom. The first-order valence-electron chi connectivity index (χ1n) is 10.4. The van der Waals surface area contributed by atoms with E-state index in [1.54, 1.807) is 24.3 Å². The van der Waals surface area contributed by atoms with Gasteiger partial charge in [-0.15, -0.1) is 0 Å². The fourth-order valence-electron chi connectivity index (χ4n) is 3.73. The number of benzene rings is 2. The highest BCUT2D eigenvalue weighted by Crippen LogP contribution is 2.42. The fourth-order valence-corrected chi connectivity index (χ4v) is 3.73. The van der Waals surface area contributed by atoms with Crippen molar-refractivity contribution in [2.24, 2.45) is 5.92 Å². The van der Waals surface area contributed by atoms with Gasteiger partial charge in [-0.2, -0.15) is 0 Å². The van der Waals surface area contributed by atoms with Crippen LogP contribution < -0.4 is 9.64 Å². The monoisotopic (exact) mass is 421 g/mol. The third-order valence-corrected chi connectivity index (χ3v) is 5.18. The summed E-state index contributed by atoms with van der Waals surface area (Å²) in [4.78, 5) is 38.7. The van der Waals surface area contributed by atoms with Gasteiger partial charge in [-0.05, 0) is 47.7 Å². The standard InChI is InChI=1S/C25H27NO5/c1-5-17-6-10-19(11-7-17)26-23(18-8-12-20(13-9-18)31-16(4)27)22(24(29)25(26)30)21(28)14-15(2)3/h6-13,15,23,29H,5,14H2,1-4H3. The van der Waals surface area contributed by atoms with Crippen molar-refractivity contribution in [1.82, 2.24) is 0 Å². The molecule has 31 heavy (non-hydrogen) atoms. The molecule has 2 aromatic carbocycles. The zero-order chi connectivity index (χ0) is 22.7. The molecule has 2 aromatic rings. The summed E-state index contributed by atoms with van der Waals surface area (Å²) in [5, 5.41) is 10.7. The second-order valence-corrected chi connectivity index (χ2v) is 8.04. The summed E-state index contributed by atoms with van der Waals surface area (Å²) in [7, 11) is 0. The van der Waals surface area contributed by atoms with E-state index in [4.69, 9.17) is 4.74 Å². The Bertz CT molecular complexity index is 1020. The number of rotatable bonds is 7. The number of ketones is 1. The summed E-state index contributed by atoms with van der Waals surface area (Å²) in [5.41, 5.74) is 2.44. The van der Waals surface area contributed by atoms with Crippen molar-refractivity contribution in [3.8, 4) is 5.75 Å². The highest BCUT2D eigenvalue weighted by molar-refractivity contribution is 6.16. The highest BCUT2D eigenvalue weighted by atomic mass is 16.5. The van der Waals surface area contributed by atoms with E-state index >= 15 is 0 Å². The predicted octanol–water partition coefficient (Wildman–Crippen LogP) is 4.69. The highest BCUT2D eigenvalue weighted by Gasteiger charge is 2.44. The van der Waals surface area contributed by atoms with E-state index in [2.05, 4.69) is 0 Å². The number of Topliss-reactive ketones (excluding diaryl/α,β-unsaturated/α-hetero) is 1. The summed E-state index contributed by atoms with van der Waals surface area (Å²) in [6, 6.07) is 13.3. The molecule has 162 valence electrons. The largest absolute Gasteiger partial charge is 0.503 e. The molecule has 1 atom stereocenters. The minimum atomic E-state index is -0.766. The molecule has 0 aromatic heterocycles. The van der Waals surface area contributed by atoms with E-state index in [1.165, 1.54) is 11.8 Å². The second kappa shape index (κ2) is 9.16. The third kappa shape index (κ3) is 4.68. The van der Waals surface area contributed by atoms with Gasteiger partial charge in [0.25, 0.3) is 5.91 Å². The summed E-state index contributed by atoms with van der Waals surface area (Å²) in [6.07, 6.45) is 1.08. The van der Waals surface area contributed by atoms with E-state index in [9.17, 15) is 19.5 Å². The van der Waals surface area contributed by atoms with Gasteiger partial charge in [0.2, 0.25) is 0 Å². The molecule has 1 N–H and O–H groups in total. The van der Waals surface area contributed by atoms with Crippen LogP contribution in [0, 0.1) is 5.92 Å². The maximum Gasteiger partial charge on any atom is 0.308 e. The molecule has 1 aliphatic rings. The Kier molecular flexibility index (Phi) is 6.59. The number of aliphatic hydroxyl groups is 1. The average Bonchev–Trinajstić information content (AvgIpc) is 2.99. The van der Waals surface area contributed by atoms with Gasteiger partial charge in [-0.25, -0.2) is 0 Å². The summed E-state index contributed by atoms with van der Waals surface area (Å²) < 4.78 is 5.09. The van der Waals surface area contributed by atoms with Crippen LogP contribution in [0.4, 0.5) is 5.69 Å². The molecule has 1 amide bonds. The van der Waals surface area contributed by atoms with Gasteiger partial charge in [-0.1, -0.05) is 45.0 Å². The number of amides is 1. The predicted molar refractivity (Wildman–Crippen MR) is 118 cm³/mol. The Hall–Kier alpha value is -3.41. The second-order valence-electron chi connectivity index (χ2n) is 8.04. The molecule has 3 rings (SSSR count). The smallest absolute Gasteiger partial charge is 0.308 e. The van der Waals surface area contributed by atoms with Crippen LogP contribution in [0.5, 0.6) is 5.75 Å². The van der Waals surface area contributed by atoms with Crippen molar-refractivity contribution in [3.63, 3.8) is 0 Å². The maximum absolute atomic E-state index is 13.1. The molecule has 1 heterocycles. The normalized spacial score (nSPS) is 16.2. The zero-order valence-electron chi connectivity index (χ0n) is 18.2. The van der Waals surface area contributed by atoms with E-state index in [-0.39, 0.29) is 23.7 Å². The topological polar surface area (TPSA) is 83.9 Å². The first kappa shape index (κ1) is 22.3. The number of anilines is 1. The Balaban J connectivity index is 2.08. The number of hydrogen-bond donors (Lipinski definition) is 1. The number of nitrogens with zero attached hydrogens (tertiary/aromatic N) is 1. The lowest BCUT2D eigenvalue weighted by molar-refractivity contribution is -0.131. The number of esters is 1. The summed E-state index contributed by atoms with van der Waals surface area (Å²) in [6.45, 7) is 7.18. The Morgan fingerprint density at radius 2 is 1.68 bits per heavy atom. The molecule has 0 bridgehead atoms. The number of carbonyl (C=O) groups excluding carboxylic acids is 3. The van der Waals surface area contributed by atoms with Gasteiger partial charge in [0.05, 0.1) is 11.6 Å². The van der Waals surface area contributed by atoms with Crippen LogP contribution in [-0.2, 0) is 20.8 Å². The molecule has 0 aliphatic carbocycles. The van der Waals surface area contributed by atoms with Crippen LogP contribution in [0.3, 0.4) is 0 Å². The van der Waals surface area contributed by atoms with Crippen LogP contribution in [0.15, 0.2) is 59.9 Å². The van der Waals surface area contributed by atoms with E-state index in [0.717, 1.165) is 12.0 Å². The fraction of sp³-hybridized carbons (Fsp3) is 0.320. The van der Waals surface area contributed by atoms with Gasteiger partial charge < -0.3 is 9.84 Å². The molecule has 0 saturated heterocycles. The molecule has 6 nitrogen and oxygen atoms in total. The number of hydrogen-bond acceptors (Lipinski definition) is 5. The van der Waals surface area contributed by atoms with Gasteiger partial charge in [0, 0.05) is 19.0 Å². The molecule has 0 saturated carbocycles. The number of aliphatic hydroxyl groups excluding tert-OH is 1. The quantitative estimate of drug-likeness (QED) is 0.518. The van der Waals surface area contributed by atoms with Gasteiger partial charge >= 0.3 is 5.97 Å². The van der Waals surface area contributed by atoms with Gasteiger partial charge in [0.1, 0.15) is 5.75 Å². The van der Waals surface area contributed by atoms with Crippen LogP contribution in [0.25, 0.3) is 0 Å². The first-order chi connectivity index (χ1) is 14.7. The van der Waals surface area contributed by atoms with Crippen LogP contribution >= 0.6 is 0 Å². The Morgan fingerprint density at radius 3 is 2.19 bits per heavy atom. The molecule has 1 aliphatic heterocycles. The summed E-state index contributed by atoms with van der Waals surface area (Å²) in [5.74, 6) is -1.38. The number of ether oxygens (including phenoxy) is 1. The van der Waals surface area contributed by atoms with Crippen molar-refractivity contribution in [1.29, 1.82) is 0 Å². The van der Waals surface area contributed by atoms with Crippen molar-refractivity contribution >= 4 is 23.3 Å². The van der Waals surface area contributed by atoms with Crippen molar-refractivity contribution in [2.45, 2.75) is 46.6 Å². The maximum atomic E-state index is 13.1. The molecule has 0 fully saturated rings. The van der Waals surface area contributed by atoms with E-state index < -0.39 is 23.7 Å². The molecule has 0 spiro atoms. The van der Waals surface area contributed by atoms with E-state index in [1.807, 2.05) is 45.0 Å². The molecular weight excluding hydrogens is 394 g/mol.